The Balaban J connectivity index is 2.68. The quantitative estimate of drug-likeness (QED) is 0.429. The summed E-state index contributed by atoms with van der Waals surface area (Å²) in [6.07, 6.45) is 0.988. The van der Waals surface area contributed by atoms with E-state index < -0.39 is 0 Å². The normalized spacial score (nSPS) is 12.0. The van der Waals surface area contributed by atoms with Gasteiger partial charge in [0.25, 0.3) is 0 Å². The van der Waals surface area contributed by atoms with Crippen molar-refractivity contribution in [2.24, 2.45) is 0 Å². The zero-order valence-corrected chi connectivity index (χ0v) is 7.09. The molecular weight excluding hydrogens is 147 g/mol. The van der Waals surface area contributed by atoms with Crippen LogP contribution in [0.3, 0.4) is 0 Å². The van der Waals surface area contributed by atoms with Crippen LogP contribution in [0, 0.1) is 6.92 Å². The van der Waals surface area contributed by atoms with Crippen molar-refractivity contribution in [3.63, 3.8) is 0 Å². The predicted molar refractivity (Wildman–Crippen MR) is 38.8 cm³/mol. The lowest BCUT2D eigenvalue weighted by atomic mass is 10.6. The molecule has 0 aliphatic heterocycles. The van der Waals surface area contributed by atoms with Crippen molar-refractivity contribution in [3.05, 3.63) is 6.92 Å². The molecule has 7 heavy (non-hydrogen) atoms. The Morgan fingerprint density at radius 2 is 2.14 bits per heavy atom. The van der Waals surface area contributed by atoms with Gasteiger partial charge in [-0.05, 0) is 0 Å². The standard InChI is InChI=1S/C4H9Cl2Si/c1-2-3-7-4(5)6/h4H,1-3,7H2. The molecule has 0 saturated carbocycles. The molecule has 0 atom stereocenters. The minimum Gasteiger partial charge on any atom is -0.110 e. The molecule has 0 N–H and O–H groups in total. The molecule has 0 spiro atoms. The Bertz CT molecular complexity index is 38.7. The van der Waals surface area contributed by atoms with Gasteiger partial charge in [-0.2, -0.15) is 0 Å². The van der Waals surface area contributed by atoms with E-state index >= 15 is 0 Å². The van der Waals surface area contributed by atoms with Crippen molar-refractivity contribution in [3.8, 4) is 0 Å². The molecule has 0 heterocycles. The van der Waals surface area contributed by atoms with Gasteiger partial charge in [0, 0.05) is 0 Å². The Morgan fingerprint density at radius 1 is 1.57 bits per heavy atom. The van der Waals surface area contributed by atoms with Gasteiger partial charge >= 0.3 is 0 Å². The summed E-state index contributed by atoms with van der Waals surface area (Å²) in [6, 6.07) is 1.16. The third-order valence-electron chi connectivity index (χ3n) is 0.672. The van der Waals surface area contributed by atoms with E-state index in [9.17, 15) is 0 Å². The van der Waals surface area contributed by atoms with Crippen LogP contribution in [0.2, 0.25) is 6.04 Å². The second-order valence-electron chi connectivity index (χ2n) is 1.39. The maximum Gasteiger partial charge on any atom is 0.0908 e. The number of rotatable bonds is 3. The van der Waals surface area contributed by atoms with Gasteiger partial charge in [-0.15, -0.1) is 23.2 Å². The summed E-state index contributed by atoms with van der Waals surface area (Å²) in [5, 5.41) is 0. The molecule has 0 fully saturated rings. The summed E-state index contributed by atoms with van der Waals surface area (Å²) >= 11 is 10.9. The minimum absolute atomic E-state index is 0.0539. The van der Waals surface area contributed by atoms with Crippen molar-refractivity contribution in [2.75, 3.05) is 0 Å². The second kappa shape index (κ2) is 4.94. The zero-order valence-electron chi connectivity index (χ0n) is 4.16. The van der Waals surface area contributed by atoms with Crippen LogP contribution in [0.25, 0.3) is 0 Å². The van der Waals surface area contributed by atoms with Crippen LogP contribution in [0.1, 0.15) is 6.42 Å². The van der Waals surface area contributed by atoms with Crippen LogP contribution in [-0.2, 0) is 0 Å². The highest BCUT2D eigenvalue weighted by atomic mass is 35.5. The Labute approximate surface area is 57.0 Å². The lowest BCUT2D eigenvalue weighted by Crippen LogP contribution is -1.98. The average molecular weight is 156 g/mol. The van der Waals surface area contributed by atoms with Crippen molar-refractivity contribution in [2.45, 2.75) is 16.9 Å². The molecule has 0 amide bonds. The molecule has 0 aliphatic carbocycles. The topological polar surface area (TPSA) is 0 Å². The Hall–Kier alpha value is 0.797. The molecule has 0 aromatic carbocycles. The lowest BCUT2D eigenvalue weighted by molar-refractivity contribution is 1.20. The van der Waals surface area contributed by atoms with E-state index in [0.29, 0.717) is 0 Å². The monoisotopic (exact) mass is 155 g/mol. The van der Waals surface area contributed by atoms with Gasteiger partial charge in [0.05, 0.1) is 14.0 Å². The predicted octanol–water partition coefficient (Wildman–Crippen LogP) is 1.56. The van der Waals surface area contributed by atoms with Crippen LogP contribution in [-0.4, -0.2) is 14.0 Å². The van der Waals surface area contributed by atoms with E-state index in [0.717, 1.165) is 12.5 Å². The van der Waals surface area contributed by atoms with Crippen LogP contribution in [0.15, 0.2) is 0 Å². The first kappa shape index (κ1) is 7.80. The molecule has 0 bridgehead atoms. The first-order valence-electron chi connectivity index (χ1n) is 2.34. The number of halogens is 2. The molecule has 0 aliphatic rings. The van der Waals surface area contributed by atoms with Crippen LogP contribution in [0.4, 0.5) is 0 Å². The first-order chi connectivity index (χ1) is 3.27. The minimum atomic E-state index is -0.186. The highest BCUT2D eigenvalue weighted by Crippen LogP contribution is 2.01. The van der Waals surface area contributed by atoms with E-state index in [-0.39, 0.29) is 14.0 Å². The SMILES string of the molecule is [CH2]CC[SiH2]C(Cl)Cl. The highest BCUT2D eigenvalue weighted by molar-refractivity contribution is 6.68. The van der Waals surface area contributed by atoms with Crippen LogP contribution >= 0.6 is 23.2 Å². The average Bonchev–Trinajstić information content (AvgIpc) is 1.61. The number of alkyl halides is 2. The molecule has 0 rings (SSSR count). The van der Waals surface area contributed by atoms with E-state index in [1.54, 1.807) is 0 Å². The summed E-state index contributed by atoms with van der Waals surface area (Å²) in [5.41, 5.74) is 0. The molecule has 3 heteroatoms. The van der Waals surface area contributed by atoms with Gasteiger partial charge in [0.15, 0.2) is 0 Å². The first-order valence-corrected chi connectivity index (χ1v) is 5.03. The van der Waals surface area contributed by atoms with Crippen LogP contribution in [0.5, 0.6) is 0 Å². The molecule has 0 aromatic heterocycles. The summed E-state index contributed by atoms with van der Waals surface area (Å²) in [6.45, 7) is 3.68. The second-order valence-corrected chi connectivity index (χ2v) is 5.80. The van der Waals surface area contributed by atoms with Crippen molar-refractivity contribution >= 4 is 32.7 Å². The van der Waals surface area contributed by atoms with E-state index in [4.69, 9.17) is 23.2 Å². The lowest BCUT2D eigenvalue weighted by Gasteiger charge is -1.93. The van der Waals surface area contributed by atoms with Crippen molar-refractivity contribution < 1.29 is 0 Å². The zero-order chi connectivity index (χ0) is 5.70. The fourth-order valence-electron chi connectivity index (χ4n) is 0.299. The molecule has 0 unspecified atom stereocenters. The van der Waals surface area contributed by atoms with Gasteiger partial charge in [0.1, 0.15) is 0 Å². The largest absolute Gasteiger partial charge is 0.110 e. The third kappa shape index (κ3) is 6.80. The van der Waals surface area contributed by atoms with E-state index in [1.807, 2.05) is 0 Å². The van der Waals surface area contributed by atoms with E-state index in [1.165, 1.54) is 0 Å². The number of hydrogen-bond acceptors (Lipinski definition) is 0. The number of hydrogen-bond donors (Lipinski definition) is 0. The van der Waals surface area contributed by atoms with Gasteiger partial charge in [0.2, 0.25) is 0 Å². The third-order valence-corrected chi connectivity index (χ3v) is 3.33. The summed E-state index contributed by atoms with van der Waals surface area (Å²) in [4.78, 5) is 0. The molecule has 0 nitrogen and oxygen atoms in total. The van der Waals surface area contributed by atoms with Gasteiger partial charge in [-0.25, -0.2) is 0 Å². The smallest absolute Gasteiger partial charge is 0.0908 e. The van der Waals surface area contributed by atoms with Crippen molar-refractivity contribution in [1.82, 2.24) is 0 Å². The molecule has 1 radical (unpaired) electrons. The molecular formula is C4H9Cl2Si. The van der Waals surface area contributed by atoms with Gasteiger partial charge < -0.3 is 0 Å². The molecule has 0 saturated heterocycles. The Morgan fingerprint density at radius 3 is 2.29 bits per heavy atom. The maximum atomic E-state index is 5.46. The van der Waals surface area contributed by atoms with Crippen molar-refractivity contribution in [1.29, 1.82) is 0 Å². The fraction of sp³-hybridized carbons (Fsp3) is 0.750. The summed E-state index contributed by atoms with van der Waals surface area (Å²) < 4.78 is -0.0539. The van der Waals surface area contributed by atoms with Gasteiger partial charge in [-0.3, -0.25) is 0 Å². The van der Waals surface area contributed by atoms with Crippen LogP contribution < -0.4 is 0 Å². The molecule has 0 aromatic rings. The molecule has 43 valence electrons. The summed E-state index contributed by atoms with van der Waals surface area (Å²) in [5.74, 6) is 0. The van der Waals surface area contributed by atoms with E-state index in [2.05, 4.69) is 6.92 Å². The van der Waals surface area contributed by atoms with Gasteiger partial charge in [-0.1, -0.05) is 19.4 Å². The highest BCUT2D eigenvalue weighted by Gasteiger charge is 1.95. The fourth-order valence-corrected chi connectivity index (χ4v) is 1.82. The Kier molecular flexibility index (Phi) is 5.51. The maximum absolute atomic E-state index is 5.46. The summed E-state index contributed by atoms with van der Waals surface area (Å²) in [7, 11) is -0.186.